The first kappa shape index (κ1) is 19.9. The van der Waals surface area contributed by atoms with Crippen LogP contribution in [-0.4, -0.2) is 75.7 Å². The molecule has 1 heterocycles. The second-order valence-corrected chi connectivity index (χ2v) is 5.28. The van der Waals surface area contributed by atoms with E-state index in [1.165, 1.54) is 45.4 Å². The fraction of sp³-hybridized carbons (Fsp3) is 0.929. The van der Waals surface area contributed by atoms with Gasteiger partial charge in [0.25, 0.3) is 0 Å². The van der Waals surface area contributed by atoms with Gasteiger partial charge < -0.3 is 20.4 Å². The minimum absolute atomic E-state index is 0. The summed E-state index contributed by atoms with van der Waals surface area (Å²) in [5.41, 5.74) is 0. The summed E-state index contributed by atoms with van der Waals surface area (Å²) in [6.45, 7) is 10.1. The van der Waals surface area contributed by atoms with E-state index in [4.69, 9.17) is 0 Å². The maximum absolute atomic E-state index is 4.24. The van der Waals surface area contributed by atoms with E-state index in [1.54, 1.807) is 0 Å². The van der Waals surface area contributed by atoms with Crippen molar-refractivity contribution in [2.75, 3.05) is 59.9 Å². The minimum Gasteiger partial charge on any atom is -0.356 e. The van der Waals surface area contributed by atoms with E-state index >= 15 is 0 Å². The Hall–Kier alpha value is -0.0800. The Balaban J connectivity index is 0.00000361. The molecule has 0 aromatic heterocycles. The molecule has 1 saturated heterocycles. The Morgan fingerprint density at radius 1 is 1.10 bits per heavy atom. The van der Waals surface area contributed by atoms with Crippen LogP contribution in [-0.2, 0) is 0 Å². The van der Waals surface area contributed by atoms with Crippen molar-refractivity contribution in [3.05, 3.63) is 0 Å². The summed E-state index contributed by atoms with van der Waals surface area (Å²) < 4.78 is 0. The van der Waals surface area contributed by atoms with Gasteiger partial charge in [-0.1, -0.05) is 13.3 Å². The lowest BCUT2D eigenvalue weighted by Crippen LogP contribution is -2.42. The third-order valence-electron chi connectivity index (χ3n) is 3.58. The zero-order valence-electron chi connectivity index (χ0n) is 13.3. The van der Waals surface area contributed by atoms with Gasteiger partial charge in [-0.05, 0) is 33.0 Å². The molecule has 1 rings (SSSR count). The second kappa shape index (κ2) is 12.6. The molecule has 5 nitrogen and oxygen atoms in total. The summed E-state index contributed by atoms with van der Waals surface area (Å²) in [7, 11) is 4.05. The summed E-state index contributed by atoms with van der Waals surface area (Å²) in [5.74, 6) is 0.931. The van der Waals surface area contributed by atoms with E-state index in [9.17, 15) is 0 Å². The van der Waals surface area contributed by atoms with Crippen molar-refractivity contribution in [3.63, 3.8) is 0 Å². The molecule has 120 valence electrons. The zero-order valence-corrected chi connectivity index (χ0v) is 15.7. The Bertz CT molecular complexity index is 260. The highest BCUT2D eigenvalue weighted by Crippen LogP contribution is 1.99. The van der Waals surface area contributed by atoms with Crippen LogP contribution >= 0.6 is 24.0 Å². The highest BCUT2D eigenvalue weighted by Gasteiger charge is 2.11. The first-order valence-corrected chi connectivity index (χ1v) is 7.61. The molecule has 0 spiro atoms. The van der Waals surface area contributed by atoms with Crippen LogP contribution in [0.1, 0.15) is 26.2 Å². The van der Waals surface area contributed by atoms with Crippen LogP contribution in [0.2, 0.25) is 0 Å². The lowest BCUT2D eigenvalue weighted by Gasteiger charge is -2.21. The summed E-state index contributed by atoms with van der Waals surface area (Å²) in [6.07, 6.45) is 3.68. The molecule has 6 heteroatoms. The van der Waals surface area contributed by atoms with Crippen molar-refractivity contribution in [1.29, 1.82) is 0 Å². The zero-order chi connectivity index (χ0) is 13.9. The SMILES string of the molecule is CCCCNC(=NC)NCCN1CCCN(C)CC1.I. The fourth-order valence-electron chi connectivity index (χ4n) is 2.26. The molecular formula is C14H32IN5. The molecule has 2 N–H and O–H groups in total. The number of halogens is 1. The normalized spacial score (nSPS) is 18.2. The van der Waals surface area contributed by atoms with Crippen LogP contribution < -0.4 is 10.6 Å². The van der Waals surface area contributed by atoms with E-state index < -0.39 is 0 Å². The molecule has 0 atom stereocenters. The Labute approximate surface area is 141 Å². The number of aliphatic imine (C=N–C) groups is 1. The van der Waals surface area contributed by atoms with Crippen molar-refractivity contribution in [2.24, 2.45) is 4.99 Å². The van der Waals surface area contributed by atoms with Crippen LogP contribution in [0.15, 0.2) is 4.99 Å². The average molecular weight is 397 g/mol. The number of hydrogen-bond donors (Lipinski definition) is 2. The molecular weight excluding hydrogens is 365 g/mol. The fourth-order valence-corrected chi connectivity index (χ4v) is 2.26. The first-order valence-electron chi connectivity index (χ1n) is 7.61. The number of unbranched alkanes of at least 4 members (excludes halogenated alkanes) is 1. The molecule has 0 amide bonds. The topological polar surface area (TPSA) is 42.9 Å². The monoisotopic (exact) mass is 397 g/mol. The van der Waals surface area contributed by atoms with Gasteiger partial charge in [0.15, 0.2) is 5.96 Å². The summed E-state index contributed by atoms with van der Waals surface area (Å²) in [4.78, 5) is 9.19. The summed E-state index contributed by atoms with van der Waals surface area (Å²) in [6, 6.07) is 0. The number of guanidine groups is 1. The van der Waals surface area contributed by atoms with Gasteiger partial charge in [-0.15, -0.1) is 24.0 Å². The standard InChI is InChI=1S/C14H31N5.HI/c1-4-5-7-16-14(15-2)17-8-11-19-10-6-9-18(3)12-13-19;/h4-13H2,1-3H3,(H2,15,16,17);1H. The maximum Gasteiger partial charge on any atom is 0.191 e. The molecule has 0 unspecified atom stereocenters. The van der Waals surface area contributed by atoms with Crippen LogP contribution in [0.5, 0.6) is 0 Å². The lowest BCUT2D eigenvalue weighted by molar-refractivity contribution is 0.280. The molecule has 20 heavy (non-hydrogen) atoms. The van der Waals surface area contributed by atoms with Crippen LogP contribution in [0, 0.1) is 0 Å². The van der Waals surface area contributed by atoms with E-state index in [-0.39, 0.29) is 24.0 Å². The molecule has 0 aromatic rings. The van der Waals surface area contributed by atoms with Gasteiger partial charge in [0.05, 0.1) is 0 Å². The Morgan fingerprint density at radius 3 is 2.55 bits per heavy atom. The predicted octanol–water partition coefficient (Wildman–Crippen LogP) is 1.21. The van der Waals surface area contributed by atoms with E-state index in [0.717, 1.165) is 25.6 Å². The van der Waals surface area contributed by atoms with Gasteiger partial charge in [-0.2, -0.15) is 0 Å². The summed E-state index contributed by atoms with van der Waals surface area (Å²) >= 11 is 0. The van der Waals surface area contributed by atoms with Crippen LogP contribution in [0.25, 0.3) is 0 Å². The Morgan fingerprint density at radius 2 is 1.85 bits per heavy atom. The van der Waals surface area contributed by atoms with E-state index in [1.807, 2.05) is 7.05 Å². The second-order valence-electron chi connectivity index (χ2n) is 5.28. The van der Waals surface area contributed by atoms with Crippen molar-refractivity contribution in [2.45, 2.75) is 26.2 Å². The third-order valence-corrected chi connectivity index (χ3v) is 3.58. The van der Waals surface area contributed by atoms with Crippen molar-refractivity contribution >= 4 is 29.9 Å². The number of likely N-dealkylation sites (N-methyl/N-ethyl adjacent to an activating group) is 1. The molecule has 1 fully saturated rings. The van der Waals surface area contributed by atoms with Gasteiger partial charge in [-0.3, -0.25) is 4.99 Å². The number of rotatable bonds is 6. The van der Waals surface area contributed by atoms with Gasteiger partial charge in [-0.25, -0.2) is 0 Å². The minimum atomic E-state index is 0. The largest absolute Gasteiger partial charge is 0.356 e. The van der Waals surface area contributed by atoms with Crippen LogP contribution in [0.3, 0.4) is 0 Å². The summed E-state index contributed by atoms with van der Waals surface area (Å²) in [5, 5.41) is 6.73. The van der Waals surface area contributed by atoms with Crippen molar-refractivity contribution in [1.82, 2.24) is 20.4 Å². The third kappa shape index (κ3) is 8.97. The molecule has 0 aromatic carbocycles. The smallest absolute Gasteiger partial charge is 0.191 e. The first-order chi connectivity index (χ1) is 9.26. The molecule has 0 saturated carbocycles. The lowest BCUT2D eigenvalue weighted by atomic mass is 10.3. The van der Waals surface area contributed by atoms with E-state index in [2.05, 4.69) is 39.4 Å². The molecule has 1 aliphatic rings. The van der Waals surface area contributed by atoms with Crippen LogP contribution in [0.4, 0.5) is 0 Å². The molecule has 0 aliphatic carbocycles. The van der Waals surface area contributed by atoms with Gasteiger partial charge in [0, 0.05) is 39.8 Å². The molecule has 1 aliphatic heterocycles. The van der Waals surface area contributed by atoms with Gasteiger partial charge in [0.1, 0.15) is 0 Å². The predicted molar refractivity (Wildman–Crippen MR) is 98.2 cm³/mol. The molecule has 0 bridgehead atoms. The van der Waals surface area contributed by atoms with Gasteiger partial charge in [0.2, 0.25) is 0 Å². The highest BCUT2D eigenvalue weighted by molar-refractivity contribution is 14.0. The highest BCUT2D eigenvalue weighted by atomic mass is 127. The Kier molecular flexibility index (Phi) is 12.6. The quantitative estimate of drug-likeness (QED) is 0.306. The number of nitrogens with one attached hydrogen (secondary N) is 2. The maximum atomic E-state index is 4.24. The number of nitrogens with zero attached hydrogens (tertiary/aromatic N) is 3. The van der Waals surface area contributed by atoms with Crippen molar-refractivity contribution in [3.8, 4) is 0 Å². The molecule has 0 radical (unpaired) electrons. The van der Waals surface area contributed by atoms with Crippen molar-refractivity contribution < 1.29 is 0 Å². The number of hydrogen-bond acceptors (Lipinski definition) is 3. The van der Waals surface area contributed by atoms with E-state index in [0.29, 0.717) is 0 Å². The van der Waals surface area contributed by atoms with Gasteiger partial charge >= 0.3 is 0 Å². The average Bonchev–Trinajstić information content (AvgIpc) is 2.62.